The Kier molecular flexibility index (Phi) is 6.77. The van der Waals surface area contributed by atoms with Crippen molar-refractivity contribution in [2.24, 2.45) is 0 Å². The first-order valence-electron chi connectivity index (χ1n) is 8.70. The van der Waals surface area contributed by atoms with E-state index in [4.69, 9.17) is 0 Å². The van der Waals surface area contributed by atoms with E-state index in [9.17, 15) is 10.2 Å². The van der Waals surface area contributed by atoms with Crippen molar-refractivity contribution in [3.8, 4) is 0 Å². The Morgan fingerprint density at radius 3 is 1.41 bits per heavy atom. The Labute approximate surface area is 135 Å². The minimum Gasteiger partial charge on any atom is -0.389 e. The van der Waals surface area contributed by atoms with E-state index in [0.29, 0.717) is 13.1 Å². The highest BCUT2D eigenvalue weighted by Gasteiger charge is 2.19. The Balaban J connectivity index is 1.74. The second-order valence-corrected chi connectivity index (χ2v) is 7.00. The van der Waals surface area contributed by atoms with Crippen LogP contribution in [0.3, 0.4) is 0 Å². The molecule has 0 amide bonds. The summed E-state index contributed by atoms with van der Waals surface area (Å²) in [5, 5.41) is 20.4. The summed E-state index contributed by atoms with van der Waals surface area (Å²) in [6, 6.07) is 0. The van der Waals surface area contributed by atoms with Gasteiger partial charge in [0.1, 0.15) is 0 Å². The van der Waals surface area contributed by atoms with E-state index in [1.807, 2.05) is 23.9 Å². The lowest BCUT2D eigenvalue weighted by molar-refractivity contribution is -0.00217. The van der Waals surface area contributed by atoms with Gasteiger partial charge >= 0.3 is 0 Å². The van der Waals surface area contributed by atoms with Gasteiger partial charge in [0.25, 0.3) is 0 Å². The summed E-state index contributed by atoms with van der Waals surface area (Å²) in [7, 11) is 3.96. The van der Waals surface area contributed by atoms with Crippen LogP contribution >= 0.6 is 0 Å². The molecule has 4 heteroatoms. The van der Waals surface area contributed by atoms with Crippen LogP contribution in [-0.2, 0) is 0 Å². The Morgan fingerprint density at radius 1 is 0.773 bits per heavy atom. The molecule has 126 valence electrons. The Morgan fingerprint density at radius 2 is 1.09 bits per heavy atom. The van der Waals surface area contributed by atoms with Gasteiger partial charge in [-0.1, -0.05) is 11.1 Å². The minimum absolute atomic E-state index is 0.481. The molecule has 2 unspecified atom stereocenters. The largest absolute Gasteiger partial charge is 0.389 e. The SMILES string of the molecule is CN(C=C1CCCC1)CC(O)C(O)CN(C)C=C1CCCC1. The average molecular weight is 308 g/mol. The van der Waals surface area contributed by atoms with E-state index in [1.54, 1.807) is 0 Å². The van der Waals surface area contributed by atoms with Crippen molar-refractivity contribution in [1.82, 2.24) is 9.80 Å². The number of nitrogens with zero attached hydrogens (tertiary/aromatic N) is 2. The van der Waals surface area contributed by atoms with Crippen LogP contribution in [0.1, 0.15) is 51.4 Å². The molecule has 2 N–H and O–H groups in total. The molecule has 0 aromatic heterocycles. The van der Waals surface area contributed by atoms with E-state index >= 15 is 0 Å². The predicted octanol–water partition coefficient (Wildman–Crippen LogP) is 2.49. The average Bonchev–Trinajstić information content (AvgIpc) is 3.11. The molecule has 2 atom stereocenters. The number of aliphatic hydroxyl groups is 2. The van der Waals surface area contributed by atoms with Gasteiger partial charge in [0.2, 0.25) is 0 Å². The first kappa shape index (κ1) is 17.4. The van der Waals surface area contributed by atoms with Crippen LogP contribution in [0.25, 0.3) is 0 Å². The first-order chi connectivity index (χ1) is 10.5. The third-order valence-corrected chi connectivity index (χ3v) is 4.69. The maximum Gasteiger partial charge on any atom is 0.0990 e. The third-order valence-electron chi connectivity index (χ3n) is 4.69. The molecule has 2 fully saturated rings. The number of rotatable bonds is 7. The predicted molar refractivity (Wildman–Crippen MR) is 90.4 cm³/mol. The van der Waals surface area contributed by atoms with Crippen molar-refractivity contribution in [1.29, 1.82) is 0 Å². The first-order valence-corrected chi connectivity index (χ1v) is 8.70. The number of allylic oxidation sites excluding steroid dienone is 2. The molecule has 0 bridgehead atoms. The van der Waals surface area contributed by atoms with E-state index in [1.165, 1.54) is 62.5 Å². The van der Waals surface area contributed by atoms with Crippen molar-refractivity contribution in [3.63, 3.8) is 0 Å². The third kappa shape index (κ3) is 5.65. The van der Waals surface area contributed by atoms with Gasteiger partial charge in [0, 0.05) is 27.2 Å². The molecule has 2 aliphatic rings. The zero-order valence-electron chi connectivity index (χ0n) is 14.2. The van der Waals surface area contributed by atoms with Crippen molar-refractivity contribution in [3.05, 3.63) is 23.5 Å². The van der Waals surface area contributed by atoms with Gasteiger partial charge in [-0.3, -0.25) is 0 Å². The van der Waals surface area contributed by atoms with Crippen molar-refractivity contribution in [2.45, 2.75) is 63.6 Å². The standard InChI is InChI=1S/C18H32N2O2/c1-19(11-15-7-3-4-8-15)13-17(21)18(22)14-20(2)12-16-9-5-6-10-16/h11-12,17-18,21-22H,3-10,13-14H2,1-2H3. The van der Waals surface area contributed by atoms with Crippen molar-refractivity contribution < 1.29 is 10.2 Å². The zero-order valence-corrected chi connectivity index (χ0v) is 14.2. The second kappa shape index (κ2) is 8.59. The monoisotopic (exact) mass is 308 g/mol. The van der Waals surface area contributed by atoms with E-state index in [2.05, 4.69) is 12.4 Å². The molecular weight excluding hydrogens is 276 g/mol. The Hall–Kier alpha value is -1.00. The lowest BCUT2D eigenvalue weighted by atomic mass is 10.1. The van der Waals surface area contributed by atoms with E-state index in [0.717, 1.165) is 0 Å². The van der Waals surface area contributed by atoms with Gasteiger partial charge in [-0.05, 0) is 63.8 Å². The summed E-state index contributed by atoms with van der Waals surface area (Å²) in [5.74, 6) is 0. The molecule has 0 radical (unpaired) electrons. The molecule has 22 heavy (non-hydrogen) atoms. The van der Waals surface area contributed by atoms with Gasteiger partial charge in [-0.25, -0.2) is 0 Å². The normalized spacial score (nSPS) is 20.9. The van der Waals surface area contributed by atoms with Gasteiger partial charge in [0.15, 0.2) is 0 Å². The van der Waals surface area contributed by atoms with Crippen LogP contribution in [-0.4, -0.2) is 59.4 Å². The highest BCUT2D eigenvalue weighted by molar-refractivity contribution is 5.06. The quantitative estimate of drug-likeness (QED) is 0.758. The van der Waals surface area contributed by atoms with Crippen LogP contribution in [0.15, 0.2) is 23.5 Å². The number of aliphatic hydroxyl groups excluding tert-OH is 2. The number of hydrogen-bond donors (Lipinski definition) is 2. The highest BCUT2D eigenvalue weighted by Crippen LogP contribution is 2.24. The smallest absolute Gasteiger partial charge is 0.0990 e. The molecule has 4 nitrogen and oxygen atoms in total. The summed E-state index contributed by atoms with van der Waals surface area (Å²) in [4.78, 5) is 4.04. The van der Waals surface area contributed by atoms with Gasteiger partial charge in [0.05, 0.1) is 12.2 Å². The highest BCUT2D eigenvalue weighted by atomic mass is 16.3. The van der Waals surface area contributed by atoms with Crippen molar-refractivity contribution in [2.75, 3.05) is 27.2 Å². The summed E-state index contributed by atoms with van der Waals surface area (Å²) < 4.78 is 0. The van der Waals surface area contributed by atoms with Gasteiger partial charge in [-0.15, -0.1) is 0 Å². The molecule has 0 aliphatic heterocycles. The molecule has 0 spiro atoms. The molecule has 2 rings (SSSR count). The summed E-state index contributed by atoms with van der Waals surface area (Å²) in [6.07, 6.45) is 12.7. The van der Waals surface area contributed by atoms with Crippen LogP contribution in [0.5, 0.6) is 0 Å². The molecule has 0 heterocycles. The van der Waals surface area contributed by atoms with Crippen molar-refractivity contribution >= 4 is 0 Å². The molecule has 2 saturated carbocycles. The van der Waals surface area contributed by atoms with Crippen LogP contribution in [0.2, 0.25) is 0 Å². The fraction of sp³-hybridized carbons (Fsp3) is 0.778. The fourth-order valence-electron chi connectivity index (χ4n) is 3.48. The maximum absolute atomic E-state index is 10.2. The Bertz CT molecular complexity index is 352. The zero-order chi connectivity index (χ0) is 15.9. The molecule has 0 aromatic rings. The van der Waals surface area contributed by atoms with E-state index in [-0.39, 0.29) is 0 Å². The summed E-state index contributed by atoms with van der Waals surface area (Å²) >= 11 is 0. The summed E-state index contributed by atoms with van der Waals surface area (Å²) in [5.41, 5.74) is 2.93. The van der Waals surface area contributed by atoms with E-state index < -0.39 is 12.2 Å². The van der Waals surface area contributed by atoms with Gasteiger partial charge in [-0.2, -0.15) is 0 Å². The lowest BCUT2D eigenvalue weighted by Gasteiger charge is -2.26. The molecule has 2 aliphatic carbocycles. The minimum atomic E-state index is -0.715. The van der Waals surface area contributed by atoms with Crippen LogP contribution in [0.4, 0.5) is 0 Å². The maximum atomic E-state index is 10.2. The number of likely N-dealkylation sites (N-methyl/N-ethyl adjacent to an activating group) is 2. The molecular formula is C18H32N2O2. The van der Waals surface area contributed by atoms with Gasteiger partial charge < -0.3 is 20.0 Å². The molecule has 0 saturated heterocycles. The molecule has 0 aromatic carbocycles. The lowest BCUT2D eigenvalue weighted by Crippen LogP contribution is -2.41. The fourth-order valence-corrected chi connectivity index (χ4v) is 3.48. The summed E-state index contributed by atoms with van der Waals surface area (Å²) in [6.45, 7) is 0.962. The topological polar surface area (TPSA) is 46.9 Å². The number of hydrogen-bond acceptors (Lipinski definition) is 4. The second-order valence-electron chi connectivity index (χ2n) is 7.00. The van der Waals surface area contributed by atoms with Crippen LogP contribution in [0, 0.1) is 0 Å². The van der Waals surface area contributed by atoms with Crippen LogP contribution < -0.4 is 0 Å².